The maximum absolute atomic E-state index is 8.49. The molecule has 20 heavy (non-hydrogen) atoms. The van der Waals surface area contributed by atoms with Crippen molar-refractivity contribution in [2.24, 2.45) is 0 Å². The van der Waals surface area contributed by atoms with Crippen LogP contribution in [0.2, 0.25) is 0 Å². The second-order valence-electron chi connectivity index (χ2n) is 6.66. The number of benzene rings is 1. The number of amidine groups is 1. The molecule has 2 unspecified atom stereocenters. The fraction of sp³-hybridized carbons (Fsp3) is 0.588. The second-order valence-corrected chi connectivity index (χ2v) is 6.66. The first kappa shape index (κ1) is 12.4. The molecular formula is C17H23N3. The highest BCUT2D eigenvalue weighted by atomic mass is 15.3. The van der Waals surface area contributed by atoms with Crippen molar-refractivity contribution in [3.63, 3.8) is 0 Å². The monoisotopic (exact) mass is 269 g/mol. The van der Waals surface area contributed by atoms with Crippen LogP contribution in [-0.4, -0.2) is 40.8 Å². The molecule has 2 fully saturated rings. The van der Waals surface area contributed by atoms with Crippen LogP contribution in [0.1, 0.15) is 43.2 Å². The van der Waals surface area contributed by atoms with Crippen LogP contribution in [0.5, 0.6) is 0 Å². The lowest BCUT2D eigenvalue weighted by molar-refractivity contribution is 0.0269. The molecule has 0 amide bonds. The average molecular weight is 269 g/mol. The summed E-state index contributed by atoms with van der Waals surface area (Å²) in [5.74, 6) is 0.758. The lowest BCUT2D eigenvalue weighted by atomic mass is 9.81. The molecular weight excluding hydrogens is 246 g/mol. The number of piperidine rings is 2. The smallest absolute Gasteiger partial charge is 0.128 e. The second kappa shape index (κ2) is 4.59. The number of rotatable bonds is 1. The van der Waals surface area contributed by atoms with Crippen molar-refractivity contribution in [1.82, 2.24) is 9.80 Å². The Morgan fingerprint density at radius 1 is 1.05 bits per heavy atom. The van der Waals surface area contributed by atoms with Crippen molar-refractivity contribution in [3.8, 4) is 0 Å². The van der Waals surface area contributed by atoms with Crippen LogP contribution >= 0.6 is 0 Å². The molecule has 0 aromatic heterocycles. The van der Waals surface area contributed by atoms with Crippen LogP contribution < -0.4 is 0 Å². The summed E-state index contributed by atoms with van der Waals surface area (Å²) in [5.41, 5.74) is 2.48. The summed E-state index contributed by atoms with van der Waals surface area (Å²) >= 11 is 0. The highest BCUT2D eigenvalue weighted by molar-refractivity contribution is 6.00. The van der Waals surface area contributed by atoms with Crippen molar-refractivity contribution in [2.75, 3.05) is 7.05 Å². The number of fused-ring (bicyclic) bond motifs is 3. The van der Waals surface area contributed by atoms with E-state index in [-0.39, 0.29) is 0 Å². The molecule has 3 aliphatic heterocycles. The Morgan fingerprint density at radius 3 is 2.45 bits per heavy atom. The maximum Gasteiger partial charge on any atom is 0.128 e. The van der Waals surface area contributed by atoms with E-state index in [1.165, 1.54) is 37.7 Å². The standard InChI is InChI=1S/C17H23N3/c1-19-13-6-4-7-14(19)10-15(9-13)20-11-12-5-2-3-8-16(12)17(20)18/h2-3,5,8,13-15,18H,4,6-7,9-11H2,1H3. The summed E-state index contributed by atoms with van der Waals surface area (Å²) in [4.78, 5) is 4.97. The number of nitrogens with one attached hydrogen (secondary N) is 1. The molecule has 106 valence electrons. The van der Waals surface area contributed by atoms with Crippen LogP contribution in [-0.2, 0) is 6.54 Å². The van der Waals surface area contributed by atoms with Gasteiger partial charge in [0.05, 0.1) is 0 Å². The van der Waals surface area contributed by atoms with Gasteiger partial charge in [0.25, 0.3) is 0 Å². The largest absolute Gasteiger partial charge is 0.349 e. The molecule has 2 bridgehead atoms. The van der Waals surface area contributed by atoms with E-state index in [9.17, 15) is 0 Å². The third kappa shape index (κ3) is 1.80. The van der Waals surface area contributed by atoms with Gasteiger partial charge in [-0.2, -0.15) is 0 Å². The Bertz CT molecular complexity index is 525. The average Bonchev–Trinajstić information content (AvgIpc) is 2.77. The first-order valence-corrected chi connectivity index (χ1v) is 7.89. The Balaban J connectivity index is 1.57. The topological polar surface area (TPSA) is 30.3 Å². The fourth-order valence-corrected chi connectivity index (χ4v) is 4.46. The highest BCUT2D eigenvalue weighted by Gasteiger charge is 2.40. The summed E-state index contributed by atoms with van der Waals surface area (Å²) in [6.45, 7) is 0.947. The SMILES string of the molecule is CN1C2CCCC1CC(N1Cc3ccccc3C1=N)C2. The molecule has 2 atom stereocenters. The Labute approximate surface area is 121 Å². The summed E-state index contributed by atoms with van der Waals surface area (Å²) in [6.07, 6.45) is 6.56. The fourth-order valence-electron chi connectivity index (χ4n) is 4.46. The summed E-state index contributed by atoms with van der Waals surface area (Å²) in [5, 5.41) is 8.49. The van der Waals surface area contributed by atoms with E-state index in [0.717, 1.165) is 30.0 Å². The van der Waals surface area contributed by atoms with Gasteiger partial charge in [0.15, 0.2) is 0 Å². The van der Waals surface area contributed by atoms with E-state index in [1.54, 1.807) is 0 Å². The third-order valence-electron chi connectivity index (χ3n) is 5.66. The van der Waals surface area contributed by atoms with Gasteiger partial charge in [-0.1, -0.05) is 30.7 Å². The quantitative estimate of drug-likeness (QED) is 0.849. The van der Waals surface area contributed by atoms with Gasteiger partial charge >= 0.3 is 0 Å². The van der Waals surface area contributed by atoms with E-state index in [4.69, 9.17) is 5.41 Å². The zero-order chi connectivity index (χ0) is 13.7. The number of hydrogen-bond donors (Lipinski definition) is 1. The normalized spacial score (nSPS) is 33.4. The van der Waals surface area contributed by atoms with Crippen LogP contribution in [0.4, 0.5) is 0 Å². The maximum atomic E-state index is 8.49. The van der Waals surface area contributed by atoms with Gasteiger partial charge in [0, 0.05) is 30.2 Å². The highest BCUT2D eigenvalue weighted by Crippen LogP contribution is 2.37. The van der Waals surface area contributed by atoms with E-state index < -0.39 is 0 Å². The van der Waals surface area contributed by atoms with E-state index in [2.05, 4.69) is 41.1 Å². The van der Waals surface area contributed by atoms with Crippen LogP contribution in [0.3, 0.4) is 0 Å². The zero-order valence-electron chi connectivity index (χ0n) is 12.2. The molecule has 3 aliphatic rings. The number of nitrogens with zero attached hydrogens (tertiary/aromatic N) is 2. The van der Waals surface area contributed by atoms with Crippen LogP contribution in [0, 0.1) is 5.41 Å². The minimum atomic E-state index is 0.571. The minimum Gasteiger partial charge on any atom is -0.349 e. The molecule has 3 nitrogen and oxygen atoms in total. The molecule has 4 rings (SSSR count). The van der Waals surface area contributed by atoms with Gasteiger partial charge in [-0.15, -0.1) is 0 Å². The van der Waals surface area contributed by atoms with E-state index in [0.29, 0.717) is 6.04 Å². The predicted octanol–water partition coefficient (Wildman–Crippen LogP) is 2.84. The minimum absolute atomic E-state index is 0.571. The van der Waals surface area contributed by atoms with E-state index >= 15 is 0 Å². The van der Waals surface area contributed by atoms with Crippen LogP contribution in [0.15, 0.2) is 24.3 Å². The number of hydrogen-bond acceptors (Lipinski definition) is 2. The molecule has 0 spiro atoms. The first-order chi connectivity index (χ1) is 9.74. The summed E-state index contributed by atoms with van der Waals surface area (Å²) < 4.78 is 0. The predicted molar refractivity (Wildman–Crippen MR) is 81.0 cm³/mol. The molecule has 0 saturated carbocycles. The Hall–Kier alpha value is -1.35. The molecule has 2 saturated heterocycles. The van der Waals surface area contributed by atoms with Gasteiger partial charge < -0.3 is 9.80 Å². The molecule has 0 aliphatic carbocycles. The Morgan fingerprint density at radius 2 is 1.75 bits per heavy atom. The zero-order valence-corrected chi connectivity index (χ0v) is 12.2. The van der Waals surface area contributed by atoms with Crippen molar-refractivity contribution >= 4 is 5.84 Å². The van der Waals surface area contributed by atoms with Crippen molar-refractivity contribution in [1.29, 1.82) is 5.41 Å². The van der Waals surface area contributed by atoms with Crippen molar-refractivity contribution in [2.45, 2.75) is 56.8 Å². The molecule has 1 N–H and O–H groups in total. The van der Waals surface area contributed by atoms with Gasteiger partial charge in [0.2, 0.25) is 0 Å². The van der Waals surface area contributed by atoms with E-state index in [1.807, 2.05) is 0 Å². The summed E-state index contributed by atoms with van der Waals surface area (Å²) in [7, 11) is 2.30. The van der Waals surface area contributed by atoms with Gasteiger partial charge in [-0.25, -0.2) is 0 Å². The van der Waals surface area contributed by atoms with Gasteiger partial charge in [0.1, 0.15) is 5.84 Å². The summed E-state index contributed by atoms with van der Waals surface area (Å²) in [6, 6.07) is 10.5. The van der Waals surface area contributed by atoms with Gasteiger partial charge in [-0.3, -0.25) is 5.41 Å². The third-order valence-corrected chi connectivity index (χ3v) is 5.66. The van der Waals surface area contributed by atoms with Crippen molar-refractivity contribution in [3.05, 3.63) is 35.4 Å². The van der Waals surface area contributed by atoms with Gasteiger partial charge in [-0.05, 0) is 38.3 Å². The lowest BCUT2D eigenvalue weighted by Crippen LogP contribution is -2.55. The molecule has 0 radical (unpaired) electrons. The molecule has 3 heteroatoms. The van der Waals surface area contributed by atoms with Crippen LogP contribution in [0.25, 0.3) is 0 Å². The lowest BCUT2D eigenvalue weighted by Gasteiger charge is -2.49. The molecule has 1 aromatic rings. The molecule has 3 heterocycles. The first-order valence-electron chi connectivity index (χ1n) is 7.89. The molecule has 1 aromatic carbocycles. The Kier molecular flexibility index (Phi) is 2.84. The van der Waals surface area contributed by atoms with Crippen molar-refractivity contribution < 1.29 is 0 Å².